The maximum Gasteiger partial charge on any atom is 0.419 e. The Labute approximate surface area is 181 Å². The second-order valence-corrected chi connectivity index (χ2v) is 7.70. The molecule has 170 valence electrons. The van der Waals surface area contributed by atoms with Crippen LogP contribution in [0.15, 0.2) is 24.5 Å². The van der Waals surface area contributed by atoms with Crippen molar-refractivity contribution in [3.8, 4) is 12.3 Å². The normalized spacial score (nSPS) is 20.5. The Balaban J connectivity index is 1.85. The van der Waals surface area contributed by atoms with Gasteiger partial charge in [-0.05, 0) is 25.0 Å². The first-order valence-electron chi connectivity index (χ1n) is 9.67. The van der Waals surface area contributed by atoms with E-state index in [-0.39, 0.29) is 23.8 Å². The van der Waals surface area contributed by atoms with Gasteiger partial charge in [0.25, 0.3) is 11.8 Å². The number of halogens is 5. The van der Waals surface area contributed by atoms with Crippen LogP contribution in [0.25, 0.3) is 0 Å². The van der Waals surface area contributed by atoms with Crippen LogP contribution >= 0.6 is 0 Å². The molecule has 1 fully saturated rings. The first kappa shape index (κ1) is 23.4. The van der Waals surface area contributed by atoms with Crippen LogP contribution in [0.5, 0.6) is 0 Å². The number of alkyl halides is 5. The Kier molecular flexibility index (Phi) is 6.34. The third-order valence-corrected chi connectivity index (χ3v) is 5.18. The fourth-order valence-electron chi connectivity index (χ4n) is 3.61. The highest BCUT2D eigenvalue weighted by Gasteiger charge is 2.46. The molecule has 32 heavy (non-hydrogen) atoms. The van der Waals surface area contributed by atoms with Gasteiger partial charge in [0.05, 0.1) is 23.7 Å². The SMILES string of the molecule is C#Cc1ccc(C)nc1C(=O)N1CC(F)(F)CC(C)[C@H]1CNc1ncc(C(F)(F)F)cn1. The number of piperidine rings is 1. The average Bonchev–Trinajstić information content (AvgIpc) is 2.71. The average molecular weight is 453 g/mol. The molecular weight excluding hydrogens is 433 g/mol. The minimum absolute atomic E-state index is 0.0500. The van der Waals surface area contributed by atoms with Gasteiger partial charge in [0.2, 0.25) is 5.95 Å². The maximum atomic E-state index is 14.3. The molecule has 1 aliphatic rings. The third kappa shape index (κ3) is 5.12. The zero-order chi connectivity index (χ0) is 23.7. The van der Waals surface area contributed by atoms with Crippen LogP contribution in [0.4, 0.5) is 27.9 Å². The number of nitrogens with one attached hydrogen (secondary N) is 1. The van der Waals surface area contributed by atoms with Crippen molar-refractivity contribution in [2.24, 2.45) is 5.92 Å². The van der Waals surface area contributed by atoms with Crippen LogP contribution in [-0.2, 0) is 6.18 Å². The highest BCUT2D eigenvalue weighted by atomic mass is 19.4. The summed E-state index contributed by atoms with van der Waals surface area (Å²) < 4.78 is 66.7. The van der Waals surface area contributed by atoms with Gasteiger partial charge in [0, 0.05) is 31.1 Å². The number of rotatable bonds is 4. The first-order chi connectivity index (χ1) is 14.9. The molecule has 2 aromatic rings. The number of nitrogens with zero attached hydrogens (tertiary/aromatic N) is 4. The highest BCUT2D eigenvalue weighted by molar-refractivity contribution is 5.95. The number of likely N-dealkylation sites (tertiary alicyclic amines) is 1. The third-order valence-electron chi connectivity index (χ3n) is 5.18. The summed E-state index contributed by atoms with van der Waals surface area (Å²) >= 11 is 0. The molecule has 2 atom stereocenters. The fraction of sp³-hybridized carbons (Fsp3) is 0.429. The number of pyridine rings is 1. The first-order valence-corrected chi connectivity index (χ1v) is 9.67. The van der Waals surface area contributed by atoms with Gasteiger partial charge in [-0.15, -0.1) is 6.42 Å². The highest BCUT2D eigenvalue weighted by Crippen LogP contribution is 2.35. The second kappa shape index (κ2) is 8.68. The molecule has 3 heterocycles. The summed E-state index contributed by atoms with van der Waals surface area (Å²) in [5.74, 6) is -2.27. The predicted octanol–water partition coefficient (Wildman–Crippen LogP) is 3.78. The molecule has 3 rings (SSSR count). The molecule has 11 heteroatoms. The smallest absolute Gasteiger partial charge is 0.352 e. The van der Waals surface area contributed by atoms with E-state index in [0.717, 1.165) is 4.90 Å². The Hall–Kier alpha value is -3.29. The van der Waals surface area contributed by atoms with Crippen LogP contribution < -0.4 is 5.32 Å². The van der Waals surface area contributed by atoms with E-state index in [2.05, 4.69) is 26.2 Å². The van der Waals surface area contributed by atoms with E-state index in [1.54, 1.807) is 19.9 Å². The molecule has 0 bridgehead atoms. The Bertz CT molecular complexity index is 1030. The zero-order valence-electron chi connectivity index (χ0n) is 17.2. The summed E-state index contributed by atoms with van der Waals surface area (Å²) in [4.78, 5) is 25.6. The predicted molar refractivity (Wildman–Crippen MR) is 106 cm³/mol. The molecule has 6 nitrogen and oxygen atoms in total. The van der Waals surface area contributed by atoms with Crippen molar-refractivity contribution >= 4 is 11.9 Å². The number of terminal acetylenes is 1. The Morgan fingerprint density at radius 2 is 1.97 bits per heavy atom. The van der Waals surface area contributed by atoms with Crippen LogP contribution in [0.1, 0.15) is 40.7 Å². The summed E-state index contributed by atoms with van der Waals surface area (Å²) in [7, 11) is 0. The number of hydrogen-bond donors (Lipinski definition) is 1. The number of amides is 1. The maximum absolute atomic E-state index is 14.3. The van der Waals surface area contributed by atoms with Crippen molar-refractivity contribution < 1.29 is 26.7 Å². The van der Waals surface area contributed by atoms with Gasteiger partial charge >= 0.3 is 6.18 Å². The van der Waals surface area contributed by atoms with Gasteiger partial charge in [-0.1, -0.05) is 12.8 Å². The van der Waals surface area contributed by atoms with E-state index in [1.165, 1.54) is 6.07 Å². The summed E-state index contributed by atoms with van der Waals surface area (Å²) in [5.41, 5.74) is -0.442. The van der Waals surface area contributed by atoms with E-state index in [4.69, 9.17) is 6.42 Å². The minimum atomic E-state index is -4.58. The van der Waals surface area contributed by atoms with E-state index >= 15 is 0 Å². The number of aryl methyl sites for hydroxylation is 1. The fourth-order valence-corrected chi connectivity index (χ4v) is 3.61. The molecule has 1 saturated heterocycles. The molecule has 0 aliphatic carbocycles. The standard InChI is InChI=1S/C21H20F5N5O/c1-4-14-6-5-13(3)30-17(14)18(32)31-11-20(22,23)7-12(2)16(31)10-29-19-27-8-15(9-28-19)21(24,25)26/h1,5-6,8-9,12,16H,7,10-11H2,2-3H3,(H,27,28,29)/t12?,16-/m1/s1. The molecule has 1 amide bonds. The zero-order valence-corrected chi connectivity index (χ0v) is 17.2. The van der Waals surface area contributed by atoms with Crippen molar-refractivity contribution in [3.63, 3.8) is 0 Å². The minimum Gasteiger partial charge on any atom is -0.352 e. The summed E-state index contributed by atoms with van der Waals surface area (Å²) in [6.45, 7) is 2.33. The van der Waals surface area contributed by atoms with Crippen LogP contribution in [-0.4, -0.2) is 50.8 Å². The van der Waals surface area contributed by atoms with Gasteiger partial charge in [-0.25, -0.2) is 23.7 Å². The Morgan fingerprint density at radius 3 is 2.56 bits per heavy atom. The topological polar surface area (TPSA) is 71.0 Å². The quantitative estimate of drug-likeness (QED) is 0.564. The lowest BCUT2D eigenvalue weighted by atomic mass is 9.88. The van der Waals surface area contributed by atoms with E-state index < -0.39 is 48.5 Å². The van der Waals surface area contributed by atoms with Crippen molar-refractivity contribution in [3.05, 3.63) is 47.0 Å². The van der Waals surface area contributed by atoms with Gasteiger partial charge in [-0.2, -0.15) is 13.2 Å². The summed E-state index contributed by atoms with van der Waals surface area (Å²) in [6, 6.07) is 2.41. The molecule has 1 aliphatic heterocycles. The number of carbonyl (C=O) groups is 1. The monoisotopic (exact) mass is 453 g/mol. The molecule has 2 aromatic heterocycles. The summed E-state index contributed by atoms with van der Waals surface area (Å²) in [5, 5.41) is 2.74. The van der Waals surface area contributed by atoms with Gasteiger partial charge < -0.3 is 10.2 Å². The molecule has 0 radical (unpaired) electrons. The molecule has 1 N–H and O–H groups in total. The van der Waals surface area contributed by atoms with E-state index in [0.29, 0.717) is 18.1 Å². The molecule has 0 aromatic carbocycles. The van der Waals surface area contributed by atoms with Crippen LogP contribution in [0.2, 0.25) is 0 Å². The van der Waals surface area contributed by atoms with Crippen molar-refractivity contribution in [1.82, 2.24) is 19.9 Å². The second-order valence-electron chi connectivity index (χ2n) is 7.70. The van der Waals surface area contributed by atoms with E-state index in [1.807, 2.05) is 0 Å². The lowest BCUT2D eigenvalue weighted by Gasteiger charge is -2.43. The lowest BCUT2D eigenvalue weighted by molar-refractivity contribution is -0.138. The van der Waals surface area contributed by atoms with Gasteiger partial charge in [0.15, 0.2) is 0 Å². The lowest BCUT2D eigenvalue weighted by Crippen LogP contribution is -2.57. The Morgan fingerprint density at radius 1 is 1.31 bits per heavy atom. The molecule has 0 saturated carbocycles. The number of aromatic nitrogens is 3. The van der Waals surface area contributed by atoms with Crippen LogP contribution in [0.3, 0.4) is 0 Å². The van der Waals surface area contributed by atoms with Crippen molar-refractivity contribution in [1.29, 1.82) is 0 Å². The number of anilines is 1. The van der Waals surface area contributed by atoms with Gasteiger partial charge in [-0.3, -0.25) is 4.79 Å². The van der Waals surface area contributed by atoms with Crippen LogP contribution in [0, 0.1) is 25.2 Å². The van der Waals surface area contributed by atoms with Crippen molar-refractivity contribution in [2.75, 3.05) is 18.4 Å². The largest absolute Gasteiger partial charge is 0.419 e. The molecule has 0 spiro atoms. The van der Waals surface area contributed by atoms with Crippen molar-refractivity contribution in [2.45, 2.75) is 38.4 Å². The van der Waals surface area contributed by atoms with Gasteiger partial charge in [0.1, 0.15) is 5.69 Å². The van der Waals surface area contributed by atoms with E-state index in [9.17, 15) is 26.7 Å². The number of hydrogen-bond acceptors (Lipinski definition) is 5. The molecule has 1 unspecified atom stereocenters. The summed E-state index contributed by atoms with van der Waals surface area (Å²) in [6.07, 6.45) is 1.64. The molecular formula is C21H20F5N5O. The number of carbonyl (C=O) groups excluding carboxylic acids is 1.